The Bertz CT molecular complexity index is 1020. The molecule has 0 aromatic heterocycles. The molecule has 2 rings (SSSR count). The van der Waals surface area contributed by atoms with E-state index in [1.807, 2.05) is 0 Å². The van der Waals surface area contributed by atoms with Crippen LogP contribution in [0.5, 0.6) is 5.75 Å². The number of rotatable bonds is 8. The van der Waals surface area contributed by atoms with Gasteiger partial charge >= 0.3 is 5.97 Å². The van der Waals surface area contributed by atoms with Crippen LogP contribution < -0.4 is 20.9 Å². The van der Waals surface area contributed by atoms with E-state index in [0.717, 1.165) is 0 Å². The second-order valence-corrected chi connectivity index (χ2v) is 9.41. The SMILES string of the molecule is CC(C)(C)OC(=O)COc1c(Br)cc(Br)cc1C(Nc1ccc(/C(N)=N\O)cc1)C(=O)[O-]. The van der Waals surface area contributed by atoms with Crippen molar-refractivity contribution in [2.24, 2.45) is 10.9 Å². The fourth-order valence-electron chi connectivity index (χ4n) is 2.67. The molecule has 4 N–H and O–H groups in total. The van der Waals surface area contributed by atoms with Crippen molar-refractivity contribution in [3.8, 4) is 5.75 Å². The second-order valence-electron chi connectivity index (χ2n) is 7.64. The first-order valence-corrected chi connectivity index (χ1v) is 10.9. The monoisotopic (exact) mass is 570 g/mol. The van der Waals surface area contributed by atoms with Crippen LogP contribution in [0.2, 0.25) is 0 Å². The van der Waals surface area contributed by atoms with Gasteiger partial charge in [0.25, 0.3) is 0 Å². The van der Waals surface area contributed by atoms with E-state index in [0.29, 0.717) is 20.2 Å². The number of anilines is 1. The highest BCUT2D eigenvalue weighted by Crippen LogP contribution is 2.37. The summed E-state index contributed by atoms with van der Waals surface area (Å²) in [4.78, 5) is 24.1. The number of nitrogens with two attached hydrogens (primary N) is 1. The van der Waals surface area contributed by atoms with E-state index in [4.69, 9.17) is 20.4 Å². The van der Waals surface area contributed by atoms with E-state index in [-0.39, 0.29) is 17.1 Å². The number of hydrogen-bond donors (Lipinski definition) is 3. The molecule has 0 aliphatic heterocycles. The predicted molar refractivity (Wildman–Crippen MR) is 124 cm³/mol. The Kier molecular flexibility index (Phi) is 8.51. The highest BCUT2D eigenvalue weighted by atomic mass is 79.9. The van der Waals surface area contributed by atoms with Gasteiger partial charge in [-0.25, -0.2) is 4.79 Å². The van der Waals surface area contributed by atoms with Gasteiger partial charge in [-0.15, -0.1) is 0 Å². The van der Waals surface area contributed by atoms with Gasteiger partial charge in [-0.3, -0.25) is 0 Å². The molecule has 0 heterocycles. The van der Waals surface area contributed by atoms with Gasteiger partial charge in [-0.2, -0.15) is 0 Å². The van der Waals surface area contributed by atoms with E-state index >= 15 is 0 Å². The van der Waals surface area contributed by atoms with Gasteiger partial charge in [0.2, 0.25) is 0 Å². The summed E-state index contributed by atoms with van der Waals surface area (Å²) in [5.41, 5.74) is 5.96. The van der Waals surface area contributed by atoms with E-state index in [1.165, 1.54) is 0 Å². The molecule has 0 spiro atoms. The number of aliphatic carboxylic acids is 1. The number of oxime groups is 1. The van der Waals surface area contributed by atoms with Crippen LogP contribution >= 0.6 is 31.9 Å². The first kappa shape index (κ1) is 25.5. The van der Waals surface area contributed by atoms with E-state index in [2.05, 4.69) is 42.3 Å². The lowest BCUT2D eigenvalue weighted by Crippen LogP contribution is -2.35. The van der Waals surface area contributed by atoms with Crippen LogP contribution in [0.3, 0.4) is 0 Å². The zero-order valence-electron chi connectivity index (χ0n) is 17.5. The highest BCUT2D eigenvalue weighted by molar-refractivity contribution is 9.11. The highest BCUT2D eigenvalue weighted by Gasteiger charge is 2.23. The van der Waals surface area contributed by atoms with Crippen molar-refractivity contribution < 1.29 is 29.4 Å². The molecule has 2 aromatic rings. The molecule has 1 unspecified atom stereocenters. The number of hydrogen-bond acceptors (Lipinski definition) is 8. The second kappa shape index (κ2) is 10.7. The molecule has 0 radical (unpaired) electrons. The third-order valence-corrected chi connectivity index (χ3v) is 4.98. The smallest absolute Gasteiger partial charge is 0.344 e. The first-order chi connectivity index (χ1) is 14.9. The van der Waals surface area contributed by atoms with Crippen molar-refractivity contribution in [1.82, 2.24) is 0 Å². The molecular formula is C21H22Br2N3O6-. The number of esters is 1. The standard InChI is InChI=1S/C21H23Br2N3O6/c1-21(2,3)32-16(27)10-31-18-14(8-12(22)9-15(18)23)17(20(28)29)25-13-6-4-11(5-7-13)19(24)26-30/h4-9,17,25,30H,10H2,1-3H3,(H2,24,26)(H,28,29)/p-1. The largest absolute Gasteiger partial charge is 0.548 e. The summed E-state index contributed by atoms with van der Waals surface area (Å²) in [6.07, 6.45) is 0. The summed E-state index contributed by atoms with van der Waals surface area (Å²) in [5.74, 6) is -1.96. The number of carbonyl (C=O) groups excluding carboxylic acids is 2. The van der Waals surface area contributed by atoms with Gasteiger partial charge in [0.15, 0.2) is 12.4 Å². The third-order valence-electron chi connectivity index (χ3n) is 3.94. The molecule has 11 heteroatoms. The Hall–Kier alpha value is -2.79. The molecule has 1 atom stereocenters. The Labute approximate surface area is 201 Å². The predicted octanol–water partition coefficient (Wildman–Crippen LogP) is 2.93. The van der Waals surface area contributed by atoms with Gasteiger partial charge in [-0.05, 0) is 73.1 Å². The van der Waals surface area contributed by atoms with Gasteiger partial charge in [0.05, 0.1) is 16.5 Å². The molecule has 9 nitrogen and oxygen atoms in total. The summed E-state index contributed by atoms with van der Waals surface area (Å²) in [5, 5.41) is 26.5. The van der Waals surface area contributed by atoms with Gasteiger partial charge < -0.3 is 35.6 Å². The van der Waals surface area contributed by atoms with Crippen LogP contribution in [0.4, 0.5) is 5.69 Å². The molecule has 2 aromatic carbocycles. The zero-order chi connectivity index (χ0) is 24.1. The maximum absolute atomic E-state index is 12.1. The third kappa shape index (κ3) is 7.13. The summed E-state index contributed by atoms with van der Waals surface area (Å²) in [6, 6.07) is 8.13. The van der Waals surface area contributed by atoms with Crippen molar-refractivity contribution in [2.75, 3.05) is 11.9 Å². The Morgan fingerprint density at radius 2 is 1.84 bits per heavy atom. The lowest BCUT2D eigenvalue weighted by atomic mass is 10.0. The topological polar surface area (TPSA) is 146 Å². The molecule has 0 amide bonds. The molecule has 0 saturated heterocycles. The van der Waals surface area contributed by atoms with E-state index in [1.54, 1.807) is 57.2 Å². The van der Waals surface area contributed by atoms with Crippen molar-refractivity contribution >= 4 is 55.3 Å². The Morgan fingerprint density at radius 1 is 1.22 bits per heavy atom. The fourth-order valence-corrected chi connectivity index (χ4v) is 4.05. The van der Waals surface area contributed by atoms with Crippen LogP contribution in [0.25, 0.3) is 0 Å². The minimum Gasteiger partial charge on any atom is -0.548 e. The van der Waals surface area contributed by atoms with Crippen molar-refractivity contribution in [3.05, 3.63) is 56.5 Å². The molecule has 0 saturated carbocycles. The Morgan fingerprint density at radius 3 is 2.38 bits per heavy atom. The van der Waals surface area contributed by atoms with E-state index < -0.39 is 30.2 Å². The molecule has 0 bridgehead atoms. The van der Waals surface area contributed by atoms with Crippen molar-refractivity contribution in [2.45, 2.75) is 32.4 Å². The van der Waals surface area contributed by atoms with Crippen LogP contribution in [-0.4, -0.2) is 35.2 Å². The number of carboxylic acids is 1. The quantitative estimate of drug-likeness (QED) is 0.144. The first-order valence-electron chi connectivity index (χ1n) is 9.30. The van der Waals surface area contributed by atoms with Crippen LogP contribution in [-0.2, 0) is 14.3 Å². The molecule has 0 aliphatic carbocycles. The van der Waals surface area contributed by atoms with Crippen LogP contribution in [0.1, 0.15) is 37.9 Å². The van der Waals surface area contributed by atoms with Crippen molar-refractivity contribution in [1.29, 1.82) is 0 Å². The summed E-state index contributed by atoms with van der Waals surface area (Å²) in [6.45, 7) is 4.77. The number of nitrogens with one attached hydrogen (secondary N) is 1. The number of carboxylic acid groups (broad SMARTS) is 1. The lowest BCUT2D eigenvalue weighted by molar-refractivity contribution is -0.307. The number of carbonyl (C=O) groups is 2. The zero-order valence-corrected chi connectivity index (χ0v) is 20.7. The number of ether oxygens (including phenoxy) is 2. The van der Waals surface area contributed by atoms with Gasteiger partial charge in [-0.1, -0.05) is 21.1 Å². The average Bonchev–Trinajstić information content (AvgIpc) is 2.69. The maximum atomic E-state index is 12.1. The summed E-state index contributed by atoms with van der Waals surface area (Å²) in [7, 11) is 0. The molecule has 0 fully saturated rings. The van der Waals surface area contributed by atoms with Crippen molar-refractivity contribution in [3.63, 3.8) is 0 Å². The fraction of sp³-hybridized carbons (Fsp3) is 0.286. The Balaban J connectivity index is 2.34. The lowest BCUT2D eigenvalue weighted by Gasteiger charge is -2.25. The normalized spacial score (nSPS) is 12.7. The molecule has 0 aliphatic rings. The van der Waals surface area contributed by atoms with Gasteiger partial charge in [0.1, 0.15) is 11.4 Å². The van der Waals surface area contributed by atoms with E-state index in [9.17, 15) is 14.7 Å². The number of benzene rings is 2. The van der Waals surface area contributed by atoms with Crippen LogP contribution in [0, 0.1) is 0 Å². The molecular weight excluding hydrogens is 550 g/mol. The van der Waals surface area contributed by atoms with Crippen LogP contribution in [0.15, 0.2) is 50.5 Å². The number of nitrogens with zero attached hydrogens (tertiary/aromatic N) is 1. The minimum absolute atomic E-state index is 0.0817. The summed E-state index contributed by atoms with van der Waals surface area (Å²) >= 11 is 6.68. The molecule has 172 valence electrons. The average molecular weight is 572 g/mol. The molecule has 32 heavy (non-hydrogen) atoms. The number of halogens is 2. The summed E-state index contributed by atoms with van der Waals surface area (Å²) < 4.78 is 11.9. The number of amidine groups is 1. The minimum atomic E-state index is -1.42. The maximum Gasteiger partial charge on any atom is 0.344 e. The van der Waals surface area contributed by atoms with Gasteiger partial charge in [0, 0.05) is 21.3 Å².